The summed E-state index contributed by atoms with van der Waals surface area (Å²) in [6, 6.07) is 0. The van der Waals surface area contributed by atoms with E-state index in [1.54, 1.807) is 6.92 Å². The quantitative estimate of drug-likeness (QED) is 0.107. The Kier molecular flexibility index (Phi) is 76.8. The molecule has 3 atom stereocenters. The van der Waals surface area contributed by atoms with Crippen LogP contribution in [0.25, 0.3) is 0 Å². The summed E-state index contributed by atoms with van der Waals surface area (Å²) < 4.78 is 388. The summed E-state index contributed by atoms with van der Waals surface area (Å²) >= 11 is 0. The molecule has 104 heavy (non-hydrogen) atoms. The summed E-state index contributed by atoms with van der Waals surface area (Å²) in [4.78, 5) is 0. The van der Waals surface area contributed by atoms with Crippen LogP contribution < -0.4 is 0 Å². The predicted molar refractivity (Wildman–Crippen MR) is 359 cm³/mol. The predicted octanol–water partition coefficient (Wildman–Crippen LogP) is 35.1. The smallest absolute Gasteiger partial charge is 0.171 e. The second-order valence-corrected chi connectivity index (χ2v) is 28.5. The van der Waals surface area contributed by atoms with Crippen LogP contribution in [-0.4, -0.2) is 67.9 Å². The van der Waals surface area contributed by atoms with Crippen molar-refractivity contribution in [3.8, 4) is 0 Å². The third-order valence-electron chi connectivity index (χ3n) is 14.4. The number of hydrogen-bond donors (Lipinski definition) is 0. The van der Waals surface area contributed by atoms with Gasteiger partial charge in [0.25, 0.3) is 0 Å². The highest BCUT2D eigenvalue weighted by atomic mass is 19.5. The summed E-state index contributed by atoms with van der Waals surface area (Å²) in [5, 5.41) is 0. The second-order valence-electron chi connectivity index (χ2n) is 28.5. The van der Waals surface area contributed by atoms with Crippen LogP contribution in [0.2, 0.25) is 0 Å². The zero-order valence-electron chi connectivity index (χ0n) is 68.3. The van der Waals surface area contributed by atoms with Crippen molar-refractivity contribution in [2.75, 3.05) is 0 Å². The summed E-state index contributed by atoms with van der Waals surface area (Å²) in [6.45, 7) is 50.6. The fourth-order valence-electron chi connectivity index (χ4n) is 3.55. The minimum Gasteiger partial charge on any atom is -0.171 e. The maximum absolute atomic E-state index is 11.7. The number of rotatable bonds is 16. The lowest BCUT2D eigenvalue weighted by Crippen LogP contribution is -2.44. The van der Waals surface area contributed by atoms with Gasteiger partial charge in [0, 0.05) is 20.1 Å². The van der Waals surface area contributed by atoms with E-state index in [0.717, 1.165) is 71.6 Å². The van der Waals surface area contributed by atoms with Crippen molar-refractivity contribution in [1.29, 1.82) is 0 Å². The molecule has 0 aliphatic carbocycles. The molecule has 0 bridgehead atoms. The van der Waals surface area contributed by atoms with Gasteiger partial charge in [-0.2, -0.15) is 145 Å². The molecule has 0 aliphatic heterocycles. The average molecular weight is 1620 g/mol. The summed E-state index contributed by atoms with van der Waals surface area (Å²) in [5.74, 6) is -6.14. The van der Waals surface area contributed by atoms with E-state index in [2.05, 4.69) is 111 Å². The van der Waals surface area contributed by atoms with Crippen molar-refractivity contribution >= 4 is 0 Å². The molecule has 33 heteroatoms. The minimum atomic E-state index is -5.24. The molecular weight excluding hydrogens is 1480 g/mol. The standard InChI is InChI=1S/2C6H8F6.2C6H11F3.3C6H14.C5H6F6.2C5H9F3.2C5H12.C4H7F3/c1-4(6(10,11)12)2-3-5(7,8)9;1-2-3-4(5(7,8)9)6(10,11)12;1-3-4-5(2)6(7,8)9;1-2-3-4-5-6(7,8)9;1-5-6(2,3)4;1-5(2)6(3)4;1-4-6(3)5-2;1-3(2,4(6,7)8)5(9,10)11;1-4(2,3)5(6,7)8;1-3-4(2)5(6,7)8;1-4-5(2)3;1-3-5-4-2;1-3(2)4(5,6)7/h2*4H,2-3H2,1H3;5H,3-4H2,1-2H3;2-5H2,1H3;5H2,1-4H3;5-6H,1-4H3;6H,4-5H2,1-3H3;1-2H3;1-3H3;4H,3H2,1-2H3;5H,4H2,1-3H3;3-5H2,1-2H3;3H,1-2H3/t4-;;5-;;;;;;;;;;/m0.0........../s1/i;;;;;;;;;;;;3D. The fraction of sp³-hybridized carbons (Fsp3) is 1.00. The van der Waals surface area contributed by atoms with Gasteiger partial charge in [-0.1, -0.05) is 264 Å². The van der Waals surface area contributed by atoms with Crippen LogP contribution in [0.1, 0.15) is 325 Å². The molecule has 0 aromatic heterocycles. The zero-order chi connectivity index (χ0) is 88.8. The Labute approximate surface area is 605 Å². The summed E-state index contributed by atoms with van der Waals surface area (Å²) in [6.07, 6.45) is -42.1. The van der Waals surface area contributed by atoms with E-state index >= 15 is 0 Å². The maximum atomic E-state index is 11.7. The van der Waals surface area contributed by atoms with Gasteiger partial charge in [0.1, 0.15) is 0 Å². The molecule has 0 aliphatic rings. The van der Waals surface area contributed by atoms with E-state index in [1.807, 2.05) is 6.92 Å². The molecule has 0 aromatic rings. The van der Waals surface area contributed by atoms with E-state index in [1.165, 1.54) is 72.6 Å². The highest BCUT2D eigenvalue weighted by Crippen LogP contribution is 2.49. The molecule has 0 heterocycles. The molecule has 0 saturated carbocycles. The van der Waals surface area contributed by atoms with Gasteiger partial charge in [0.05, 0.1) is 23.2 Å². The minimum absolute atomic E-state index is 0.104. The van der Waals surface area contributed by atoms with Crippen LogP contribution in [0.15, 0.2) is 0 Å². The molecule has 0 rings (SSSR count). The molecule has 0 aromatic carbocycles. The van der Waals surface area contributed by atoms with E-state index in [-0.39, 0.29) is 39.5 Å². The molecule has 0 nitrogen and oxygen atoms in total. The van der Waals surface area contributed by atoms with Crippen molar-refractivity contribution in [3.63, 3.8) is 0 Å². The Bertz CT molecular complexity index is 1730. The van der Waals surface area contributed by atoms with Crippen molar-refractivity contribution in [3.05, 3.63) is 0 Å². The molecule has 0 N–H and O–H groups in total. The number of hydrogen-bond acceptors (Lipinski definition) is 0. The topological polar surface area (TPSA) is 0 Å². The first-order chi connectivity index (χ1) is 45.5. The highest BCUT2D eigenvalue weighted by molar-refractivity contribution is 4.84. The van der Waals surface area contributed by atoms with Crippen LogP contribution in [-0.2, 0) is 0 Å². The van der Waals surface area contributed by atoms with Gasteiger partial charge < -0.3 is 0 Å². The zero-order valence-corrected chi connectivity index (χ0v) is 67.3. The van der Waals surface area contributed by atoms with Crippen LogP contribution in [0.3, 0.4) is 0 Å². The number of alkyl halides is 33. The van der Waals surface area contributed by atoms with Crippen LogP contribution >= 0.6 is 0 Å². The van der Waals surface area contributed by atoms with Gasteiger partial charge >= 0.3 is 67.9 Å². The van der Waals surface area contributed by atoms with Gasteiger partial charge in [-0.25, -0.2) is 0 Å². The molecule has 0 saturated heterocycles. The fourth-order valence-corrected chi connectivity index (χ4v) is 3.55. The molecule has 1 unspecified atom stereocenters. The first kappa shape index (κ1) is 128. The van der Waals surface area contributed by atoms with Gasteiger partial charge in [-0.15, -0.1) is 0 Å². The van der Waals surface area contributed by atoms with Gasteiger partial charge in [0.15, 0.2) is 11.3 Å². The molecular formula is C71H135F33. The largest absolute Gasteiger partial charge is 0.402 e. The molecule has 0 amide bonds. The summed E-state index contributed by atoms with van der Waals surface area (Å²) in [7, 11) is 0. The van der Waals surface area contributed by atoms with E-state index in [9.17, 15) is 145 Å². The number of unbranched alkanes of at least 4 members (excludes halogenated alkanes) is 4. The lowest BCUT2D eigenvalue weighted by atomic mass is 9.92. The lowest BCUT2D eigenvalue weighted by molar-refractivity contribution is -0.327. The molecule has 650 valence electrons. The Balaban J connectivity index is -0.0000000801. The maximum Gasteiger partial charge on any atom is 0.402 e. The lowest BCUT2D eigenvalue weighted by Gasteiger charge is -2.29. The van der Waals surface area contributed by atoms with Gasteiger partial charge in [0.2, 0.25) is 0 Å². The Morgan fingerprint density at radius 1 is 0.279 bits per heavy atom. The first-order valence-electron chi connectivity index (χ1n) is 35.3. The number of halogens is 33. The van der Waals surface area contributed by atoms with E-state index in [4.69, 9.17) is 1.37 Å². The SMILES string of the molecule is CC(C)(C(F)(F)F)C(F)(F)F.CC(C)(C)C(F)(F)F.CC(C)C(C)C.CCC(C)(C)C.CCC(C)C.CCC(C)C(F)(F)F.CCC(C)CC.CCCC(C(F)(F)F)C(F)(F)F.CCCCC.CCCCCC(F)(F)F.CCC[C@H](C)C(F)(F)F.C[C@@H](CCC(F)(F)F)C(F)(F)F.[2H]C(C)(C)C(F)(F)F. The van der Waals surface area contributed by atoms with Crippen molar-refractivity contribution in [2.45, 2.75) is 391 Å². The summed E-state index contributed by atoms with van der Waals surface area (Å²) in [5.41, 5.74) is -4.65. The van der Waals surface area contributed by atoms with Crippen molar-refractivity contribution in [1.82, 2.24) is 0 Å². The normalized spacial score (nSPS) is 13.7. The molecule has 0 radical (unpaired) electrons. The van der Waals surface area contributed by atoms with E-state index in [0.29, 0.717) is 18.3 Å². The molecule has 0 fully saturated rings. The van der Waals surface area contributed by atoms with Crippen LogP contribution in [0.4, 0.5) is 145 Å². The Morgan fingerprint density at radius 3 is 0.606 bits per heavy atom. The third-order valence-corrected chi connectivity index (χ3v) is 14.4. The van der Waals surface area contributed by atoms with Crippen LogP contribution in [0.5, 0.6) is 0 Å². The monoisotopic (exact) mass is 1620 g/mol. The van der Waals surface area contributed by atoms with Gasteiger partial charge in [-0.3, -0.25) is 0 Å². The van der Waals surface area contributed by atoms with Crippen molar-refractivity contribution < 1.29 is 146 Å². The Hall–Kier alpha value is -2.31. The highest BCUT2D eigenvalue weighted by Gasteiger charge is 2.64. The molecule has 0 spiro atoms. The Morgan fingerprint density at radius 2 is 0.529 bits per heavy atom. The van der Waals surface area contributed by atoms with Crippen molar-refractivity contribution in [2.24, 2.45) is 69.5 Å². The third kappa shape index (κ3) is 106. The van der Waals surface area contributed by atoms with E-state index < -0.39 is 134 Å². The average Bonchev–Trinajstić information content (AvgIpc) is 0.787. The second kappa shape index (κ2) is 62.3. The van der Waals surface area contributed by atoms with Crippen LogP contribution in [0, 0.1) is 69.5 Å². The van der Waals surface area contributed by atoms with Gasteiger partial charge in [-0.05, 0) is 75.0 Å². The first-order valence-corrected chi connectivity index (χ1v) is 34.8.